The number of hydrogen-bond acceptors (Lipinski definition) is 1. The van der Waals surface area contributed by atoms with Crippen LogP contribution in [-0.2, 0) is 0 Å². The molecule has 1 aromatic rings. The van der Waals surface area contributed by atoms with Crippen molar-refractivity contribution in [1.29, 1.82) is 0 Å². The molecule has 2 saturated carbocycles. The fourth-order valence-corrected chi connectivity index (χ4v) is 6.44. The van der Waals surface area contributed by atoms with E-state index in [9.17, 15) is 0 Å². The molecule has 0 spiro atoms. The van der Waals surface area contributed by atoms with Crippen LogP contribution in [0.5, 0.6) is 5.75 Å². The molecule has 3 rings (SSSR count). The fraction of sp³-hybridized carbons (Fsp3) is 0.806. The Bertz CT molecular complexity index is 575. The van der Waals surface area contributed by atoms with Gasteiger partial charge in [-0.2, -0.15) is 0 Å². The summed E-state index contributed by atoms with van der Waals surface area (Å²) in [6.07, 6.45) is 25.5. The van der Waals surface area contributed by atoms with Crippen molar-refractivity contribution in [2.75, 3.05) is 6.61 Å². The van der Waals surface area contributed by atoms with Gasteiger partial charge < -0.3 is 4.74 Å². The third-order valence-electron chi connectivity index (χ3n) is 8.60. The van der Waals surface area contributed by atoms with E-state index in [2.05, 4.69) is 38.1 Å². The molecule has 0 saturated heterocycles. The molecule has 0 radical (unpaired) electrons. The van der Waals surface area contributed by atoms with Crippen molar-refractivity contribution >= 4 is 0 Å². The zero-order valence-electron chi connectivity index (χ0n) is 21.5. The average molecular weight is 441 g/mol. The number of unbranched alkanes of at least 4 members (excludes halogenated alkanes) is 4. The maximum Gasteiger partial charge on any atom is 0.119 e. The zero-order chi connectivity index (χ0) is 22.4. The SMILES string of the molecule is CCCCCCCC1CCC(c2ccc(OCCCC3CCC(CCC)CC3)cc2)CC1. The van der Waals surface area contributed by atoms with Gasteiger partial charge in [0.25, 0.3) is 0 Å². The van der Waals surface area contributed by atoms with E-state index in [1.165, 1.54) is 116 Å². The van der Waals surface area contributed by atoms with E-state index in [4.69, 9.17) is 4.74 Å². The maximum atomic E-state index is 6.09. The van der Waals surface area contributed by atoms with Crippen LogP contribution in [0.3, 0.4) is 0 Å². The van der Waals surface area contributed by atoms with E-state index in [1.807, 2.05) is 0 Å². The van der Waals surface area contributed by atoms with Crippen molar-refractivity contribution in [3.05, 3.63) is 29.8 Å². The van der Waals surface area contributed by atoms with E-state index in [1.54, 1.807) is 5.56 Å². The number of hydrogen-bond donors (Lipinski definition) is 0. The Hall–Kier alpha value is -0.980. The summed E-state index contributed by atoms with van der Waals surface area (Å²) in [5, 5.41) is 0. The van der Waals surface area contributed by atoms with Crippen LogP contribution in [0.4, 0.5) is 0 Å². The molecular weight excluding hydrogens is 388 g/mol. The molecule has 1 heteroatoms. The summed E-state index contributed by atoms with van der Waals surface area (Å²) in [6, 6.07) is 9.15. The van der Waals surface area contributed by atoms with Crippen LogP contribution in [0.2, 0.25) is 0 Å². The van der Waals surface area contributed by atoms with Gasteiger partial charge in [-0.05, 0) is 79.9 Å². The summed E-state index contributed by atoms with van der Waals surface area (Å²) in [6.45, 7) is 5.52. The molecule has 0 N–H and O–H groups in total. The van der Waals surface area contributed by atoms with Gasteiger partial charge in [-0.15, -0.1) is 0 Å². The highest BCUT2D eigenvalue weighted by molar-refractivity contribution is 5.29. The summed E-state index contributed by atoms with van der Waals surface area (Å²) in [7, 11) is 0. The maximum absolute atomic E-state index is 6.09. The van der Waals surface area contributed by atoms with E-state index in [0.717, 1.165) is 36.0 Å². The van der Waals surface area contributed by atoms with Gasteiger partial charge in [-0.25, -0.2) is 0 Å². The second kappa shape index (κ2) is 15.0. The lowest BCUT2D eigenvalue weighted by molar-refractivity contribution is 0.230. The van der Waals surface area contributed by atoms with Crippen LogP contribution < -0.4 is 4.74 Å². The predicted molar refractivity (Wildman–Crippen MR) is 140 cm³/mol. The van der Waals surface area contributed by atoms with E-state index in [0.29, 0.717) is 0 Å². The molecule has 0 unspecified atom stereocenters. The van der Waals surface area contributed by atoms with Crippen LogP contribution in [-0.4, -0.2) is 6.61 Å². The van der Waals surface area contributed by atoms with Crippen molar-refractivity contribution in [2.45, 2.75) is 135 Å². The molecule has 0 aliphatic heterocycles. The lowest BCUT2D eigenvalue weighted by Crippen LogP contribution is -2.15. The minimum Gasteiger partial charge on any atom is -0.494 e. The lowest BCUT2D eigenvalue weighted by Gasteiger charge is -2.29. The Morgan fingerprint density at radius 3 is 1.78 bits per heavy atom. The van der Waals surface area contributed by atoms with Crippen molar-refractivity contribution in [3.8, 4) is 5.75 Å². The van der Waals surface area contributed by atoms with E-state index >= 15 is 0 Å². The summed E-state index contributed by atoms with van der Waals surface area (Å²) < 4.78 is 6.09. The zero-order valence-corrected chi connectivity index (χ0v) is 21.5. The highest BCUT2D eigenvalue weighted by Gasteiger charge is 2.22. The summed E-state index contributed by atoms with van der Waals surface area (Å²) >= 11 is 0. The molecule has 2 fully saturated rings. The molecular formula is C31H52O. The first-order valence-electron chi connectivity index (χ1n) is 14.5. The molecule has 1 nitrogen and oxygen atoms in total. The summed E-state index contributed by atoms with van der Waals surface area (Å²) in [4.78, 5) is 0. The smallest absolute Gasteiger partial charge is 0.119 e. The van der Waals surface area contributed by atoms with Crippen molar-refractivity contribution < 1.29 is 4.74 Å². The Morgan fingerprint density at radius 2 is 1.16 bits per heavy atom. The van der Waals surface area contributed by atoms with Crippen molar-refractivity contribution in [3.63, 3.8) is 0 Å². The van der Waals surface area contributed by atoms with E-state index in [-0.39, 0.29) is 0 Å². The molecule has 2 aliphatic rings. The quantitative estimate of drug-likeness (QED) is 0.261. The van der Waals surface area contributed by atoms with E-state index < -0.39 is 0 Å². The van der Waals surface area contributed by atoms with Crippen molar-refractivity contribution in [2.24, 2.45) is 17.8 Å². The van der Waals surface area contributed by atoms with Gasteiger partial charge in [0, 0.05) is 0 Å². The monoisotopic (exact) mass is 440 g/mol. The summed E-state index contributed by atoms with van der Waals surface area (Å²) in [5.74, 6) is 4.83. The molecule has 0 aromatic heterocycles. The molecule has 0 heterocycles. The van der Waals surface area contributed by atoms with Crippen LogP contribution in [0.1, 0.15) is 141 Å². The van der Waals surface area contributed by atoms with Gasteiger partial charge in [-0.1, -0.05) is 103 Å². The highest BCUT2D eigenvalue weighted by Crippen LogP contribution is 2.38. The van der Waals surface area contributed by atoms with Gasteiger partial charge in [-0.3, -0.25) is 0 Å². The van der Waals surface area contributed by atoms with Crippen LogP contribution in [0, 0.1) is 17.8 Å². The first kappa shape index (κ1) is 25.6. The highest BCUT2D eigenvalue weighted by atomic mass is 16.5. The number of ether oxygens (including phenoxy) is 1. The standard InChI is InChI=1S/C31H52O/c1-3-5-6-7-8-11-27-17-19-29(20-18-27)30-21-23-31(24-22-30)32-25-9-12-28-15-13-26(10-4-2)14-16-28/h21-24,26-29H,3-20,25H2,1-2H3. The Labute approximate surface area is 200 Å². The van der Waals surface area contributed by atoms with Gasteiger partial charge in [0.15, 0.2) is 0 Å². The topological polar surface area (TPSA) is 9.23 Å². The average Bonchev–Trinajstić information content (AvgIpc) is 2.84. The second-order valence-corrected chi connectivity index (χ2v) is 11.2. The molecule has 182 valence electrons. The summed E-state index contributed by atoms with van der Waals surface area (Å²) in [5.41, 5.74) is 1.54. The minimum atomic E-state index is 0.781. The Morgan fingerprint density at radius 1 is 0.594 bits per heavy atom. The van der Waals surface area contributed by atoms with Gasteiger partial charge in [0.2, 0.25) is 0 Å². The number of rotatable bonds is 14. The third kappa shape index (κ3) is 9.11. The van der Waals surface area contributed by atoms with Gasteiger partial charge in [0.05, 0.1) is 6.61 Å². The first-order valence-corrected chi connectivity index (χ1v) is 14.5. The van der Waals surface area contributed by atoms with Crippen LogP contribution in [0.15, 0.2) is 24.3 Å². The van der Waals surface area contributed by atoms with Gasteiger partial charge >= 0.3 is 0 Å². The van der Waals surface area contributed by atoms with Crippen LogP contribution >= 0.6 is 0 Å². The predicted octanol–water partition coefficient (Wildman–Crippen LogP) is 10.1. The minimum absolute atomic E-state index is 0.781. The molecule has 32 heavy (non-hydrogen) atoms. The Kier molecular flexibility index (Phi) is 12.0. The fourth-order valence-electron chi connectivity index (χ4n) is 6.44. The van der Waals surface area contributed by atoms with Crippen molar-refractivity contribution in [1.82, 2.24) is 0 Å². The molecule has 0 bridgehead atoms. The third-order valence-corrected chi connectivity index (χ3v) is 8.60. The Balaban J connectivity index is 1.26. The molecule has 2 aliphatic carbocycles. The second-order valence-electron chi connectivity index (χ2n) is 11.2. The molecule has 1 aromatic carbocycles. The van der Waals surface area contributed by atoms with Gasteiger partial charge in [0.1, 0.15) is 5.75 Å². The first-order chi connectivity index (χ1) is 15.8. The number of benzene rings is 1. The molecule has 0 atom stereocenters. The normalized spacial score (nSPS) is 26.2. The largest absolute Gasteiger partial charge is 0.494 e. The van der Waals surface area contributed by atoms with Crippen LogP contribution in [0.25, 0.3) is 0 Å². The lowest BCUT2D eigenvalue weighted by atomic mass is 9.77. The molecule has 0 amide bonds.